The maximum Gasteiger partial charge on any atom is 0.315 e. The van der Waals surface area contributed by atoms with Crippen molar-refractivity contribution in [2.75, 3.05) is 13.2 Å². The summed E-state index contributed by atoms with van der Waals surface area (Å²) in [4.78, 5) is 26.5. The van der Waals surface area contributed by atoms with Gasteiger partial charge in [-0.05, 0) is 43.7 Å². The zero-order chi connectivity index (χ0) is 17.5. The highest BCUT2D eigenvalue weighted by molar-refractivity contribution is 5.82. The third kappa shape index (κ3) is 5.06. The first-order chi connectivity index (χ1) is 12.2. The highest BCUT2D eigenvalue weighted by Crippen LogP contribution is 2.16. The number of hydrogen-bond acceptors (Lipinski definition) is 3. The van der Waals surface area contributed by atoms with E-state index in [1.165, 1.54) is 12.5 Å². The normalized spacial score (nSPS) is 17.4. The lowest BCUT2D eigenvalue weighted by atomic mass is 10.0. The number of rotatable bonds is 6. The van der Waals surface area contributed by atoms with Gasteiger partial charge in [-0.25, -0.2) is 4.79 Å². The van der Waals surface area contributed by atoms with Crippen LogP contribution in [0.2, 0.25) is 0 Å². The monoisotopic (exact) mass is 343 g/mol. The zero-order valence-corrected chi connectivity index (χ0v) is 14.3. The van der Waals surface area contributed by atoms with Crippen molar-refractivity contribution in [3.63, 3.8) is 0 Å². The molecular weight excluding hydrogens is 318 g/mol. The lowest BCUT2D eigenvalue weighted by Crippen LogP contribution is -2.36. The minimum Gasteiger partial charge on any atom is -0.378 e. The summed E-state index contributed by atoms with van der Waals surface area (Å²) >= 11 is 0. The second kappa shape index (κ2) is 8.67. The molecule has 2 amide bonds. The highest BCUT2D eigenvalue weighted by atomic mass is 16.5. The van der Waals surface area contributed by atoms with Crippen LogP contribution in [0.1, 0.15) is 37.7 Å². The highest BCUT2D eigenvalue weighted by Gasteiger charge is 2.13. The number of para-hydroxylation sites is 1. The number of pyridine rings is 1. The summed E-state index contributed by atoms with van der Waals surface area (Å²) in [5, 5.41) is 6.63. The topological polar surface area (TPSA) is 83.2 Å². The van der Waals surface area contributed by atoms with Crippen LogP contribution in [0.15, 0.2) is 35.1 Å². The molecule has 0 unspecified atom stereocenters. The Labute approximate surface area is 147 Å². The van der Waals surface area contributed by atoms with E-state index in [1.54, 1.807) is 0 Å². The van der Waals surface area contributed by atoms with Gasteiger partial charge in [0.1, 0.15) is 0 Å². The molecule has 1 aromatic heterocycles. The molecular formula is C19H25N3O3. The SMILES string of the molecule is O=C(NCCC[C@H]1CCCCO1)NCc1cc(=O)[nH]c2ccccc12. The molecule has 1 saturated heterocycles. The fourth-order valence-corrected chi connectivity index (χ4v) is 3.23. The molecule has 1 aliphatic rings. The van der Waals surface area contributed by atoms with Crippen molar-refractivity contribution in [2.45, 2.75) is 44.8 Å². The molecule has 2 aromatic rings. The predicted octanol–water partition coefficient (Wildman–Crippen LogP) is 2.68. The smallest absolute Gasteiger partial charge is 0.315 e. The molecule has 0 saturated carbocycles. The number of hydrogen-bond donors (Lipinski definition) is 3. The van der Waals surface area contributed by atoms with E-state index in [0.717, 1.165) is 48.8 Å². The number of nitrogens with one attached hydrogen (secondary N) is 3. The summed E-state index contributed by atoms with van der Waals surface area (Å²) in [6.07, 6.45) is 5.77. The largest absolute Gasteiger partial charge is 0.378 e. The van der Waals surface area contributed by atoms with Crippen LogP contribution in [0.4, 0.5) is 4.79 Å². The van der Waals surface area contributed by atoms with Crippen molar-refractivity contribution in [2.24, 2.45) is 0 Å². The number of H-pyrrole nitrogens is 1. The van der Waals surface area contributed by atoms with Gasteiger partial charge in [0.15, 0.2) is 0 Å². The first-order valence-electron chi connectivity index (χ1n) is 8.96. The number of amides is 2. The number of urea groups is 1. The average Bonchev–Trinajstić information content (AvgIpc) is 2.64. The zero-order valence-electron chi connectivity index (χ0n) is 14.3. The molecule has 134 valence electrons. The molecule has 0 bridgehead atoms. The average molecular weight is 343 g/mol. The number of carbonyl (C=O) groups excluding carboxylic acids is 1. The summed E-state index contributed by atoms with van der Waals surface area (Å²) in [6, 6.07) is 8.89. The van der Waals surface area contributed by atoms with Crippen LogP contribution in [0.5, 0.6) is 0 Å². The molecule has 3 N–H and O–H groups in total. The molecule has 0 radical (unpaired) electrons. The van der Waals surface area contributed by atoms with Gasteiger partial charge in [-0.2, -0.15) is 0 Å². The second-order valence-corrected chi connectivity index (χ2v) is 6.44. The van der Waals surface area contributed by atoms with Crippen molar-refractivity contribution >= 4 is 16.9 Å². The Kier molecular flexibility index (Phi) is 6.06. The summed E-state index contributed by atoms with van der Waals surface area (Å²) in [7, 11) is 0. The van der Waals surface area contributed by atoms with E-state index in [9.17, 15) is 9.59 Å². The third-order valence-electron chi connectivity index (χ3n) is 4.54. The predicted molar refractivity (Wildman–Crippen MR) is 97.6 cm³/mol. The van der Waals surface area contributed by atoms with Gasteiger partial charge in [0.05, 0.1) is 6.10 Å². The van der Waals surface area contributed by atoms with Gasteiger partial charge in [0.25, 0.3) is 0 Å². The van der Waals surface area contributed by atoms with Crippen molar-refractivity contribution in [1.29, 1.82) is 0 Å². The van der Waals surface area contributed by atoms with Crippen LogP contribution < -0.4 is 16.2 Å². The molecule has 0 aliphatic carbocycles. The second-order valence-electron chi connectivity index (χ2n) is 6.44. The molecule has 6 heteroatoms. The molecule has 1 aliphatic heterocycles. The fraction of sp³-hybridized carbons (Fsp3) is 0.474. The number of aromatic amines is 1. The minimum atomic E-state index is -0.214. The van der Waals surface area contributed by atoms with Gasteiger partial charge in [-0.1, -0.05) is 18.2 Å². The van der Waals surface area contributed by atoms with E-state index in [4.69, 9.17) is 4.74 Å². The summed E-state index contributed by atoms with van der Waals surface area (Å²) < 4.78 is 5.68. The number of benzene rings is 1. The van der Waals surface area contributed by atoms with Crippen LogP contribution in [0, 0.1) is 0 Å². The standard InChI is InChI=1S/C19H25N3O3/c23-18-12-14(16-8-1-2-9-17(16)22-18)13-21-19(24)20-10-5-7-15-6-3-4-11-25-15/h1-2,8-9,12,15H,3-7,10-11,13H2,(H,22,23)(H2,20,21,24)/t15-/m1/s1. The number of aromatic nitrogens is 1. The van der Waals surface area contributed by atoms with Crippen molar-refractivity contribution < 1.29 is 9.53 Å². The maximum absolute atomic E-state index is 11.9. The molecule has 3 rings (SSSR count). The molecule has 2 heterocycles. The van der Waals surface area contributed by atoms with E-state index < -0.39 is 0 Å². The lowest BCUT2D eigenvalue weighted by Gasteiger charge is -2.22. The first-order valence-corrected chi connectivity index (χ1v) is 8.96. The molecule has 6 nitrogen and oxygen atoms in total. The van der Waals surface area contributed by atoms with Gasteiger partial charge >= 0.3 is 6.03 Å². The van der Waals surface area contributed by atoms with Gasteiger partial charge in [-0.15, -0.1) is 0 Å². The van der Waals surface area contributed by atoms with Crippen LogP contribution in [0.3, 0.4) is 0 Å². The van der Waals surface area contributed by atoms with E-state index in [1.807, 2.05) is 24.3 Å². The van der Waals surface area contributed by atoms with Crippen molar-refractivity contribution in [3.05, 3.63) is 46.2 Å². The lowest BCUT2D eigenvalue weighted by molar-refractivity contribution is 0.0103. The van der Waals surface area contributed by atoms with Crippen molar-refractivity contribution in [3.8, 4) is 0 Å². The Hall–Kier alpha value is -2.34. The van der Waals surface area contributed by atoms with Crippen LogP contribution in [0.25, 0.3) is 10.9 Å². The molecule has 1 fully saturated rings. The number of carbonyl (C=O) groups is 1. The van der Waals surface area contributed by atoms with Crippen LogP contribution in [-0.4, -0.2) is 30.3 Å². The maximum atomic E-state index is 11.9. The third-order valence-corrected chi connectivity index (χ3v) is 4.54. The van der Waals surface area contributed by atoms with Gasteiger partial charge in [0.2, 0.25) is 5.56 Å². The van der Waals surface area contributed by atoms with Gasteiger partial charge in [0, 0.05) is 36.7 Å². The fourth-order valence-electron chi connectivity index (χ4n) is 3.23. The Balaban J connectivity index is 1.44. The van der Waals surface area contributed by atoms with Gasteiger partial charge in [-0.3, -0.25) is 4.79 Å². The number of fused-ring (bicyclic) bond motifs is 1. The van der Waals surface area contributed by atoms with Crippen molar-refractivity contribution in [1.82, 2.24) is 15.6 Å². The van der Waals surface area contributed by atoms with E-state index >= 15 is 0 Å². The van der Waals surface area contributed by atoms with Gasteiger partial charge < -0.3 is 20.4 Å². The summed E-state index contributed by atoms with van der Waals surface area (Å²) in [5.41, 5.74) is 1.42. The summed E-state index contributed by atoms with van der Waals surface area (Å²) in [6.45, 7) is 1.81. The van der Waals surface area contributed by atoms with E-state index in [2.05, 4.69) is 15.6 Å². The number of ether oxygens (including phenoxy) is 1. The Morgan fingerprint density at radius 2 is 2.12 bits per heavy atom. The molecule has 25 heavy (non-hydrogen) atoms. The Morgan fingerprint density at radius 3 is 2.96 bits per heavy atom. The molecule has 0 spiro atoms. The van der Waals surface area contributed by atoms with Crippen LogP contribution >= 0.6 is 0 Å². The van der Waals surface area contributed by atoms with E-state index in [0.29, 0.717) is 19.2 Å². The molecule has 1 atom stereocenters. The summed E-state index contributed by atoms with van der Waals surface area (Å²) in [5.74, 6) is 0. The first kappa shape index (κ1) is 17.5. The van der Waals surface area contributed by atoms with E-state index in [-0.39, 0.29) is 11.6 Å². The quantitative estimate of drug-likeness (QED) is 0.705. The molecule has 1 aromatic carbocycles. The Bertz CT molecular complexity index is 766. The Morgan fingerprint density at radius 1 is 1.24 bits per heavy atom. The van der Waals surface area contributed by atoms with Crippen LogP contribution in [-0.2, 0) is 11.3 Å². The minimum absolute atomic E-state index is 0.164.